The summed E-state index contributed by atoms with van der Waals surface area (Å²) in [5, 5.41) is 8.29. The zero-order chi connectivity index (χ0) is 5.54. The maximum atomic E-state index is 8.29. The fraction of sp³-hybridized carbons (Fsp3) is 1.00. The molecule has 0 heterocycles. The van der Waals surface area contributed by atoms with Crippen molar-refractivity contribution in [3.63, 3.8) is 0 Å². The first-order chi connectivity index (χ1) is 3.41. The van der Waals surface area contributed by atoms with Gasteiger partial charge in [-0.1, -0.05) is 26.2 Å². The average Bonchev–Trinajstić information content (AvgIpc) is 1.69. The van der Waals surface area contributed by atoms with Crippen LogP contribution in [0.4, 0.5) is 0 Å². The Balaban J connectivity index is 0. The van der Waals surface area contributed by atoms with E-state index in [4.69, 9.17) is 5.11 Å². The molecule has 2 radical (unpaired) electrons. The van der Waals surface area contributed by atoms with Crippen LogP contribution >= 0.6 is 0 Å². The molecule has 0 saturated heterocycles. The molecule has 0 bridgehead atoms. The van der Waals surface area contributed by atoms with Gasteiger partial charge >= 0.3 is 0 Å². The molecule has 0 unspecified atom stereocenters. The van der Waals surface area contributed by atoms with Crippen LogP contribution in [0.15, 0.2) is 0 Å². The molecule has 0 aliphatic heterocycles. The number of rotatable bonds is 4. The van der Waals surface area contributed by atoms with Gasteiger partial charge < -0.3 is 5.11 Å². The normalized spacial score (nSPS) is 8.25. The Morgan fingerprint density at radius 3 is 2.12 bits per heavy atom. The zero-order valence-corrected chi connectivity index (χ0v) is 7.90. The molecule has 0 aliphatic carbocycles. The molecule has 46 valence electrons. The minimum absolute atomic E-state index is 0. The van der Waals surface area contributed by atoms with E-state index in [0.717, 1.165) is 6.42 Å². The van der Waals surface area contributed by atoms with Crippen LogP contribution in [0, 0.1) is 0 Å². The molecule has 8 heavy (non-hydrogen) atoms. The van der Waals surface area contributed by atoms with Crippen LogP contribution in [0.1, 0.15) is 32.6 Å². The van der Waals surface area contributed by atoms with Gasteiger partial charge in [0.1, 0.15) is 0 Å². The summed E-state index contributed by atoms with van der Waals surface area (Å²) in [4.78, 5) is 0. The van der Waals surface area contributed by atoms with Crippen molar-refractivity contribution in [1.29, 1.82) is 0 Å². The second-order valence-corrected chi connectivity index (χ2v) is 1.78. The molecule has 0 aromatic rings. The van der Waals surface area contributed by atoms with Crippen molar-refractivity contribution in [3.05, 3.63) is 0 Å². The van der Waals surface area contributed by atoms with E-state index in [1.165, 1.54) is 19.3 Å². The molecule has 1 nitrogen and oxygen atoms in total. The molecular formula is C6H14CaO. The number of unbranched alkanes of at least 4 members (excludes halogenated alkanes) is 3. The Hall–Kier alpha value is 1.22. The molecule has 0 aliphatic rings. The number of aliphatic hydroxyl groups is 1. The zero-order valence-electron chi connectivity index (χ0n) is 5.69. The first-order valence-electron chi connectivity index (χ1n) is 3.02. The summed E-state index contributed by atoms with van der Waals surface area (Å²) in [6.45, 7) is 2.53. The number of hydrogen-bond acceptors (Lipinski definition) is 1. The standard InChI is InChI=1S/C6H14O.Ca/c1-2-3-4-5-6-7;/h7H,2-6H2,1H3;. The van der Waals surface area contributed by atoms with E-state index in [1.807, 2.05) is 0 Å². The minimum atomic E-state index is 0. The van der Waals surface area contributed by atoms with Gasteiger partial charge in [-0.25, -0.2) is 0 Å². The molecule has 0 fully saturated rings. The van der Waals surface area contributed by atoms with Crippen LogP contribution in [0.2, 0.25) is 0 Å². The first kappa shape index (κ1) is 12.0. The molecule has 0 rings (SSSR count). The summed E-state index contributed by atoms with van der Waals surface area (Å²) < 4.78 is 0. The predicted octanol–water partition coefficient (Wildman–Crippen LogP) is 1.18. The second kappa shape index (κ2) is 11.1. The summed E-state index contributed by atoms with van der Waals surface area (Å²) in [7, 11) is 0. The summed E-state index contributed by atoms with van der Waals surface area (Å²) >= 11 is 0. The fourth-order valence-corrected chi connectivity index (χ4v) is 0.539. The monoisotopic (exact) mass is 142 g/mol. The Morgan fingerprint density at radius 2 is 1.75 bits per heavy atom. The van der Waals surface area contributed by atoms with E-state index in [9.17, 15) is 0 Å². The SMILES string of the molecule is CCCCCCO.[Ca]. The van der Waals surface area contributed by atoms with Crippen LogP contribution in [0.5, 0.6) is 0 Å². The van der Waals surface area contributed by atoms with Crippen molar-refractivity contribution < 1.29 is 5.11 Å². The first-order valence-corrected chi connectivity index (χ1v) is 3.02. The van der Waals surface area contributed by atoms with E-state index >= 15 is 0 Å². The molecule has 0 aromatic carbocycles. The summed E-state index contributed by atoms with van der Waals surface area (Å²) in [6.07, 6.45) is 4.68. The molecule has 0 saturated carbocycles. The third kappa shape index (κ3) is 10.3. The van der Waals surface area contributed by atoms with Crippen molar-refractivity contribution in [1.82, 2.24) is 0 Å². The third-order valence-corrected chi connectivity index (χ3v) is 1.01. The average molecular weight is 142 g/mol. The Labute approximate surface area is 81.5 Å². The maximum Gasteiger partial charge on any atom is 0.0431 e. The van der Waals surface area contributed by atoms with Crippen LogP contribution < -0.4 is 0 Å². The molecule has 0 amide bonds. The van der Waals surface area contributed by atoms with E-state index in [0.29, 0.717) is 6.61 Å². The molecule has 2 heteroatoms. The second-order valence-electron chi connectivity index (χ2n) is 1.78. The Kier molecular flexibility index (Phi) is 16.5. The summed E-state index contributed by atoms with van der Waals surface area (Å²) in [5.41, 5.74) is 0. The van der Waals surface area contributed by atoms with Crippen LogP contribution in [0.25, 0.3) is 0 Å². The number of aliphatic hydroxyl groups excluding tert-OH is 1. The summed E-state index contributed by atoms with van der Waals surface area (Å²) in [5.74, 6) is 0. The van der Waals surface area contributed by atoms with Crippen molar-refractivity contribution in [2.75, 3.05) is 6.61 Å². The molecular weight excluding hydrogens is 128 g/mol. The van der Waals surface area contributed by atoms with Crippen LogP contribution in [-0.2, 0) is 0 Å². The smallest absolute Gasteiger partial charge is 0.0431 e. The fourth-order valence-electron chi connectivity index (χ4n) is 0.539. The van der Waals surface area contributed by atoms with Gasteiger partial charge in [-0.2, -0.15) is 0 Å². The Bertz CT molecular complexity index is 27.7. The van der Waals surface area contributed by atoms with Gasteiger partial charge in [0.05, 0.1) is 0 Å². The summed E-state index contributed by atoms with van der Waals surface area (Å²) in [6, 6.07) is 0. The van der Waals surface area contributed by atoms with E-state index < -0.39 is 0 Å². The predicted molar refractivity (Wildman–Crippen MR) is 37.0 cm³/mol. The van der Waals surface area contributed by atoms with Gasteiger partial charge in [-0.3, -0.25) is 0 Å². The Morgan fingerprint density at radius 1 is 1.12 bits per heavy atom. The molecule has 1 N–H and O–H groups in total. The van der Waals surface area contributed by atoms with Crippen molar-refractivity contribution >= 4 is 37.7 Å². The van der Waals surface area contributed by atoms with Gasteiger partial charge in [-0.05, 0) is 6.42 Å². The quantitative estimate of drug-likeness (QED) is 0.461. The molecule has 0 atom stereocenters. The van der Waals surface area contributed by atoms with Crippen molar-refractivity contribution in [2.24, 2.45) is 0 Å². The van der Waals surface area contributed by atoms with Crippen molar-refractivity contribution in [2.45, 2.75) is 32.6 Å². The maximum absolute atomic E-state index is 8.29. The van der Waals surface area contributed by atoms with Crippen LogP contribution in [0.3, 0.4) is 0 Å². The molecule has 0 aromatic heterocycles. The largest absolute Gasteiger partial charge is 0.396 e. The topological polar surface area (TPSA) is 20.2 Å². The van der Waals surface area contributed by atoms with Gasteiger partial charge in [0.25, 0.3) is 0 Å². The molecule has 0 spiro atoms. The minimum Gasteiger partial charge on any atom is -0.396 e. The van der Waals surface area contributed by atoms with Crippen molar-refractivity contribution in [3.8, 4) is 0 Å². The third-order valence-electron chi connectivity index (χ3n) is 1.01. The van der Waals surface area contributed by atoms with E-state index in [2.05, 4.69) is 6.92 Å². The number of hydrogen-bond donors (Lipinski definition) is 1. The van der Waals surface area contributed by atoms with Gasteiger partial charge in [0, 0.05) is 44.3 Å². The van der Waals surface area contributed by atoms with E-state index in [1.54, 1.807) is 0 Å². The van der Waals surface area contributed by atoms with Crippen LogP contribution in [-0.4, -0.2) is 49.5 Å². The van der Waals surface area contributed by atoms with Gasteiger partial charge in [-0.15, -0.1) is 0 Å². The van der Waals surface area contributed by atoms with Gasteiger partial charge in [0.2, 0.25) is 0 Å². The van der Waals surface area contributed by atoms with E-state index in [-0.39, 0.29) is 37.7 Å². The van der Waals surface area contributed by atoms with Gasteiger partial charge in [0.15, 0.2) is 0 Å².